The molecule has 0 bridgehead atoms. The van der Waals surface area contributed by atoms with E-state index in [-0.39, 0.29) is 23.7 Å². The van der Waals surface area contributed by atoms with Crippen molar-refractivity contribution in [3.63, 3.8) is 0 Å². The van der Waals surface area contributed by atoms with Gasteiger partial charge in [-0.1, -0.05) is 48.5 Å². The molecule has 0 amide bonds. The summed E-state index contributed by atoms with van der Waals surface area (Å²) in [5.41, 5.74) is 6.74. The number of hydrogen-bond donors (Lipinski definition) is 2. The Morgan fingerprint density at radius 2 is 1.70 bits per heavy atom. The zero-order valence-corrected chi connectivity index (χ0v) is 21.5. The maximum atomic E-state index is 12.9. The number of rotatable bonds is 7. The number of anilines is 1. The number of hydrogen-bond acceptors (Lipinski definition) is 4. The minimum Gasteiger partial charge on any atom is -0.399 e. The van der Waals surface area contributed by atoms with Gasteiger partial charge in [-0.2, -0.15) is 13.2 Å². The Balaban J connectivity index is 0. The summed E-state index contributed by atoms with van der Waals surface area (Å²) in [5.74, 6) is 0.382. The Morgan fingerprint density at radius 3 is 2.06 bits per heavy atom. The third-order valence-corrected chi connectivity index (χ3v) is 4.01. The Morgan fingerprint density at radius 1 is 1.15 bits per heavy atom. The van der Waals surface area contributed by atoms with Crippen molar-refractivity contribution < 1.29 is 18.0 Å². The van der Waals surface area contributed by atoms with Gasteiger partial charge in [-0.3, -0.25) is 4.99 Å². The number of carbonyl (C=O) groups excluding carboxylic acids is 1. The molecule has 3 N–H and O–H groups in total. The fourth-order valence-corrected chi connectivity index (χ4v) is 2.57. The van der Waals surface area contributed by atoms with Gasteiger partial charge in [0.15, 0.2) is 5.84 Å². The Kier molecular flexibility index (Phi) is 16.2. The van der Waals surface area contributed by atoms with Gasteiger partial charge >= 0.3 is 6.18 Å². The second-order valence-electron chi connectivity index (χ2n) is 7.72. The van der Waals surface area contributed by atoms with E-state index in [1.807, 2.05) is 48.5 Å². The molecule has 9 heteroatoms. The lowest BCUT2D eigenvalue weighted by atomic mass is 10.0. The van der Waals surface area contributed by atoms with Crippen LogP contribution in [0.25, 0.3) is 0 Å². The highest BCUT2D eigenvalue weighted by Crippen LogP contribution is 2.31. The molecule has 33 heavy (non-hydrogen) atoms. The number of amidine groups is 1. The number of halogens is 4. The van der Waals surface area contributed by atoms with Crippen molar-refractivity contribution in [1.29, 1.82) is 0 Å². The second kappa shape index (κ2) is 16.3. The highest BCUT2D eigenvalue weighted by molar-refractivity contribution is 6.17. The topological polar surface area (TPSA) is 79.8 Å². The molecular weight excluding hydrogens is 453 g/mol. The lowest BCUT2D eigenvalue weighted by Gasteiger charge is -2.14. The van der Waals surface area contributed by atoms with Crippen molar-refractivity contribution in [2.24, 2.45) is 15.4 Å². The van der Waals surface area contributed by atoms with Crippen molar-refractivity contribution in [2.45, 2.75) is 74.0 Å². The normalized spacial score (nSPS) is 12.4. The summed E-state index contributed by atoms with van der Waals surface area (Å²) in [6.45, 7) is 17.0. The van der Waals surface area contributed by atoms with Crippen molar-refractivity contribution in [2.75, 3.05) is 11.7 Å². The van der Waals surface area contributed by atoms with Gasteiger partial charge in [0.25, 0.3) is 0 Å². The number of carbonyl (C=O) groups is 1. The van der Waals surface area contributed by atoms with E-state index in [2.05, 4.69) is 22.0 Å². The van der Waals surface area contributed by atoms with E-state index in [0.717, 1.165) is 29.7 Å². The van der Waals surface area contributed by atoms with Gasteiger partial charge in [0.1, 0.15) is 6.29 Å². The third-order valence-electron chi connectivity index (χ3n) is 3.88. The van der Waals surface area contributed by atoms with Gasteiger partial charge in [-0.05, 0) is 43.3 Å². The Bertz CT molecular complexity index is 798. The summed E-state index contributed by atoms with van der Waals surface area (Å²) in [4.78, 5) is 18.1. The fraction of sp³-hybridized carbons (Fsp3) is 0.542. The maximum absolute atomic E-state index is 12.9. The number of nitrogens with one attached hydrogen (secondary N) is 1. The predicted molar refractivity (Wildman–Crippen MR) is 135 cm³/mol. The SMILES string of the molecule is C=NC(=NCc1cc(N)cc(C(F)(F)F)c1)/C(CC)=C(/CC)NCCl.CC.CC(C)(C)C=O. The number of nitrogen functional groups attached to an aromatic ring is 1. The zero-order valence-electron chi connectivity index (χ0n) is 20.7. The van der Waals surface area contributed by atoms with Crippen molar-refractivity contribution in [1.82, 2.24) is 5.32 Å². The smallest absolute Gasteiger partial charge is 0.399 e. The van der Waals surface area contributed by atoms with Crippen LogP contribution >= 0.6 is 11.6 Å². The molecule has 0 aliphatic rings. The highest BCUT2D eigenvalue weighted by atomic mass is 35.5. The van der Waals surface area contributed by atoms with Crippen LogP contribution in [-0.4, -0.2) is 24.8 Å². The largest absolute Gasteiger partial charge is 0.416 e. The fourth-order valence-electron chi connectivity index (χ4n) is 2.41. The molecule has 0 atom stereocenters. The monoisotopic (exact) mass is 490 g/mol. The lowest BCUT2D eigenvalue weighted by molar-refractivity contribution is -0.137. The van der Waals surface area contributed by atoms with Gasteiger partial charge in [0.05, 0.1) is 18.1 Å². The summed E-state index contributed by atoms with van der Waals surface area (Å²) in [6.07, 6.45) is -2.19. The van der Waals surface area contributed by atoms with Gasteiger partial charge in [0, 0.05) is 22.4 Å². The van der Waals surface area contributed by atoms with E-state index in [1.165, 1.54) is 6.07 Å². The molecule has 0 heterocycles. The first kappa shape index (κ1) is 32.8. The summed E-state index contributed by atoms with van der Waals surface area (Å²) in [7, 11) is 0. The van der Waals surface area contributed by atoms with Crippen LogP contribution in [0.3, 0.4) is 0 Å². The van der Waals surface area contributed by atoms with Crippen LogP contribution < -0.4 is 11.1 Å². The molecule has 0 aliphatic carbocycles. The number of allylic oxidation sites excluding steroid dienone is 1. The molecule has 0 aromatic heterocycles. The minimum absolute atomic E-state index is 0.0177. The molecule has 188 valence electrons. The quantitative estimate of drug-likeness (QED) is 0.108. The molecule has 0 fully saturated rings. The number of nitrogens with two attached hydrogens (primary N) is 1. The number of benzene rings is 1. The molecule has 0 saturated heterocycles. The maximum Gasteiger partial charge on any atom is 0.416 e. The Hall–Kier alpha value is -2.35. The van der Waals surface area contributed by atoms with Gasteiger partial charge in [0.2, 0.25) is 0 Å². The summed E-state index contributed by atoms with van der Waals surface area (Å²) < 4.78 is 38.7. The third kappa shape index (κ3) is 13.7. The first-order chi connectivity index (χ1) is 15.3. The predicted octanol–water partition coefficient (Wildman–Crippen LogP) is 7.00. The molecule has 0 saturated carbocycles. The summed E-state index contributed by atoms with van der Waals surface area (Å²) in [6, 6.07) is 3.64. The first-order valence-corrected chi connectivity index (χ1v) is 11.3. The molecule has 1 aromatic carbocycles. The van der Waals surface area contributed by atoms with Crippen LogP contribution in [0.2, 0.25) is 0 Å². The zero-order chi connectivity index (χ0) is 26.2. The molecule has 0 radical (unpaired) electrons. The van der Waals surface area contributed by atoms with Crippen LogP contribution in [-0.2, 0) is 17.5 Å². The van der Waals surface area contributed by atoms with Gasteiger partial charge < -0.3 is 15.8 Å². The van der Waals surface area contributed by atoms with E-state index in [1.54, 1.807) is 0 Å². The molecule has 1 rings (SSSR count). The first-order valence-electron chi connectivity index (χ1n) is 10.8. The van der Waals surface area contributed by atoms with Gasteiger partial charge in [-0.25, -0.2) is 4.99 Å². The molecule has 0 unspecified atom stereocenters. The van der Waals surface area contributed by atoms with E-state index in [9.17, 15) is 18.0 Å². The molecule has 5 nitrogen and oxygen atoms in total. The number of alkyl halides is 4. The van der Waals surface area contributed by atoms with Crippen molar-refractivity contribution in [3.8, 4) is 0 Å². The number of aliphatic imine (C=N–C) groups is 2. The van der Waals surface area contributed by atoms with Crippen molar-refractivity contribution in [3.05, 3.63) is 40.6 Å². The standard InChI is InChI=1S/C17H22ClF3N4.C5H10O.C2H6/c1-4-14(15(5-2)25-10-18)16(23-3)24-9-11-6-12(17(19,20)21)8-13(22)7-11;1-5(2,3)4-6;1-2/h6-8,25H,3-5,9-10,22H2,1-2H3;4H,1-3H3;1-2H3/b15-14-,24-16?;;. The molecule has 0 spiro atoms. The van der Waals surface area contributed by atoms with Crippen LogP contribution in [0.1, 0.15) is 72.4 Å². The average Bonchev–Trinajstić information content (AvgIpc) is 2.75. The molecular formula is C24H38ClF3N4O. The highest BCUT2D eigenvalue weighted by Gasteiger charge is 2.31. The minimum atomic E-state index is -4.46. The number of nitrogens with zero attached hydrogens (tertiary/aromatic N) is 2. The lowest BCUT2D eigenvalue weighted by Crippen LogP contribution is -2.16. The van der Waals surface area contributed by atoms with Crippen molar-refractivity contribution >= 4 is 36.1 Å². The van der Waals surface area contributed by atoms with E-state index < -0.39 is 11.7 Å². The number of aldehydes is 1. The van der Waals surface area contributed by atoms with Crippen LogP contribution in [0, 0.1) is 5.41 Å². The Labute approximate surface area is 201 Å². The van der Waals surface area contributed by atoms with E-state index in [0.29, 0.717) is 24.2 Å². The summed E-state index contributed by atoms with van der Waals surface area (Å²) in [5, 5.41) is 3.04. The van der Waals surface area contributed by atoms with Crippen LogP contribution in [0.15, 0.2) is 39.5 Å². The van der Waals surface area contributed by atoms with Crippen LogP contribution in [0.4, 0.5) is 18.9 Å². The molecule has 0 aliphatic heterocycles. The second-order valence-corrected chi connectivity index (χ2v) is 7.98. The summed E-state index contributed by atoms with van der Waals surface area (Å²) >= 11 is 5.72. The van der Waals surface area contributed by atoms with E-state index >= 15 is 0 Å². The van der Waals surface area contributed by atoms with Crippen LogP contribution in [0.5, 0.6) is 0 Å². The van der Waals surface area contributed by atoms with E-state index in [4.69, 9.17) is 17.3 Å². The average molecular weight is 491 g/mol. The van der Waals surface area contributed by atoms with Gasteiger partial charge in [-0.15, -0.1) is 11.6 Å². The molecule has 1 aromatic rings.